The van der Waals surface area contributed by atoms with Gasteiger partial charge in [0, 0.05) is 23.2 Å². The zero-order valence-electron chi connectivity index (χ0n) is 17.1. The fourth-order valence-electron chi connectivity index (χ4n) is 4.02. The first kappa shape index (κ1) is 19.6. The number of nitrogens with one attached hydrogen (secondary N) is 1. The van der Waals surface area contributed by atoms with Crippen molar-refractivity contribution in [1.29, 1.82) is 0 Å². The highest BCUT2D eigenvalue weighted by Crippen LogP contribution is 2.31. The fraction of sp³-hybridized carbons (Fsp3) is 0.304. The number of fused-ring (bicyclic) bond motifs is 2. The topological polar surface area (TPSA) is 58.1 Å². The van der Waals surface area contributed by atoms with Crippen molar-refractivity contribution >= 4 is 49.1 Å². The summed E-state index contributed by atoms with van der Waals surface area (Å²) in [6.45, 7) is 6.69. The van der Waals surface area contributed by atoms with Crippen LogP contribution in [0.2, 0.25) is 0 Å². The Labute approximate surface area is 182 Å². The molecule has 5 rings (SSSR count). The van der Waals surface area contributed by atoms with E-state index in [1.165, 1.54) is 29.4 Å². The van der Waals surface area contributed by atoms with Crippen molar-refractivity contribution in [1.82, 2.24) is 14.7 Å². The van der Waals surface area contributed by atoms with Gasteiger partial charge in [-0.2, -0.15) is 0 Å². The molecule has 0 aliphatic carbocycles. The zero-order valence-corrected chi connectivity index (χ0v) is 18.8. The number of aryl methyl sites for hydroxylation is 2. The van der Waals surface area contributed by atoms with E-state index in [0.29, 0.717) is 12.4 Å². The molecular weight excluding hydrogens is 412 g/mol. The fourth-order valence-corrected chi connectivity index (χ4v) is 5.77. The maximum atomic E-state index is 12.8. The summed E-state index contributed by atoms with van der Waals surface area (Å²) in [5.41, 5.74) is 3.45. The Morgan fingerprint density at radius 2 is 1.93 bits per heavy atom. The Morgan fingerprint density at radius 3 is 2.77 bits per heavy atom. The highest BCUT2D eigenvalue weighted by Gasteiger charge is 2.20. The third kappa shape index (κ3) is 3.62. The van der Waals surface area contributed by atoms with Crippen molar-refractivity contribution in [3.8, 4) is 0 Å². The van der Waals surface area contributed by atoms with Crippen LogP contribution in [0, 0.1) is 13.8 Å². The molecule has 30 heavy (non-hydrogen) atoms. The molecule has 7 heteroatoms. The summed E-state index contributed by atoms with van der Waals surface area (Å²) in [7, 11) is -1.31. The van der Waals surface area contributed by atoms with Crippen molar-refractivity contribution in [3.63, 3.8) is 0 Å². The van der Waals surface area contributed by atoms with E-state index in [1.54, 1.807) is 11.3 Å². The monoisotopic (exact) mass is 436 g/mol. The van der Waals surface area contributed by atoms with Gasteiger partial charge in [0.05, 0.1) is 17.0 Å². The van der Waals surface area contributed by atoms with E-state index in [1.807, 2.05) is 18.2 Å². The first-order valence-corrected chi connectivity index (χ1v) is 12.3. The molecule has 0 saturated carbocycles. The molecule has 0 bridgehead atoms. The van der Waals surface area contributed by atoms with E-state index >= 15 is 0 Å². The summed E-state index contributed by atoms with van der Waals surface area (Å²) in [5, 5.41) is 4.38. The predicted molar refractivity (Wildman–Crippen MR) is 126 cm³/mol. The molecule has 5 nitrogen and oxygen atoms in total. The van der Waals surface area contributed by atoms with Gasteiger partial charge in [-0.05, 0) is 72.8 Å². The number of nitrogens with zero attached hydrogens (tertiary/aromatic N) is 3. The van der Waals surface area contributed by atoms with Crippen LogP contribution < -0.4 is 9.62 Å². The molecule has 1 atom stereocenters. The van der Waals surface area contributed by atoms with Gasteiger partial charge in [0.15, 0.2) is 0 Å². The number of benzene rings is 2. The number of anilines is 1. The second-order valence-corrected chi connectivity index (χ2v) is 10.0. The molecule has 1 aliphatic rings. The van der Waals surface area contributed by atoms with Crippen molar-refractivity contribution in [2.75, 3.05) is 18.0 Å². The number of hydrogen-bond acceptors (Lipinski definition) is 5. The maximum Gasteiger partial charge on any atom is 0.146 e. The Bertz CT molecular complexity index is 1260. The number of thiophene rings is 1. The van der Waals surface area contributed by atoms with Crippen LogP contribution in [0.3, 0.4) is 0 Å². The average Bonchev–Trinajstić information content (AvgIpc) is 3.45. The van der Waals surface area contributed by atoms with Gasteiger partial charge < -0.3 is 4.90 Å². The molecule has 1 saturated heterocycles. The molecule has 0 spiro atoms. The largest absolute Gasteiger partial charge is 0.356 e. The number of rotatable bonds is 5. The maximum absolute atomic E-state index is 12.8. The van der Waals surface area contributed by atoms with Crippen molar-refractivity contribution in [2.45, 2.75) is 38.1 Å². The second-order valence-electron chi connectivity index (χ2n) is 7.77. The van der Waals surface area contributed by atoms with Crippen molar-refractivity contribution < 1.29 is 4.21 Å². The molecule has 0 radical (unpaired) electrons. The summed E-state index contributed by atoms with van der Waals surface area (Å²) < 4.78 is 17.1. The van der Waals surface area contributed by atoms with E-state index in [2.05, 4.69) is 47.0 Å². The van der Waals surface area contributed by atoms with Crippen LogP contribution in [0.15, 0.2) is 46.7 Å². The van der Waals surface area contributed by atoms with Crippen LogP contribution in [-0.2, 0) is 17.5 Å². The minimum absolute atomic E-state index is 0.360. The smallest absolute Gasteiger partial charge is 0.146 e. The third-order valence-corrected chi connectivity index (χ3v) is 7.80. The van der Waals surface area contributed by atoms with Gasteiger partial charge in [-0.1, -0.05) is 12.1 Å². The molecular formula is C23H24N4OS2. The highest BCUT2D eigenvalue weighted by molar-refractivity contribution is 7.83. The molecule has 1 aliphatic heterocycles. The second kappa shape index (κ2) is 8.06. The van der Waals surface area contributed by atoms with Crippen LogP contribution in [0.5, 0.6) is 0 Å². The zero-order chi connectivity index (χ0) is 20.7. The molecule has 2 aromatic carbocycles. The molecule has 0 amide bonds. The Hall–Kier alpha value is -2.35. The Kier molecular flexibility index (Phi) is 5.26. The molecule has 1 unspecified atom stereocenters. The number of aromatic nitrogens is 2. The lowest BCUT2D eigenvalue weighted by molar-refractivity contribution is 0.669. The lowest BCUT2D eigenvalue weighted by Gasteiger charge is -2.21. The van der Waals surface area contributed by atoms with Gasteiger partial charge in [-0.25, -0.2) is 18.9 Å². The summed E-state index contributed by atoms with van der Waals surface area (Å²) in [6, 6.07) is 12.2. The summed E-state index contributed by atoms with van der Waals surface area (Å²) in [6.07, 6.45) is 2.39. The van der Waals surface area contributed by atoms with Crippen LogP contribution in [0.4, 0.5) is 5.82 Å². The van der Waals surface area contributed by atoms with Gasteiger partial charge in [-0.3, -0.25) is 0 Å². The lowest BCUT2D eigenvalue weighted by Crippen LogP contribution is -2.23. The molecule has 1 N–H and O–H groups in total. The van der Waals surface area contributed by atoms with Crippen molar-refractivity contribution in [2.24, 2.45) is 0 Å². The van der Waals surface area contributed by atoms with Crippen LogP contribution in [0.25, 0.3) is 21.0 Å². The van der Waals surface area contributed by atoms with Gasteiger partial charge in [-0.15, -0.1) is 11.3 Å². The quantitative estimate of drug-likeness (QED) is 0.485. The third-order valence-electron chi connectivity index (χ3n) is 5.83. The summed E-state index contributed by atoms with van der Waals surface area (Å²) >= 11 is 1.66. The first-order valence-electron chi connectivity index (χ1n) is 10.2. The van der Waals surface area contributed by atoms with Gasteiger partial charge in [0.25, 0.3) is 0 Å². The minimum Gasteiger partial charge on any atom is -0.356 e. The van der Waals surface area contributed by atoms with Gasteiger partial charge >= 0.3 is 0 Å². The summed E-state index contributed by atoms with van der Waals surface area (Å²) in [4.78, 5) is 12.8. The van der Waals surface area contributed by atoms with Gasteiger partial charge in [0.1, 0.15) is 22.6 Å². The van der Waals surface area contributed by atoms with E-state index in [-0.39, 0.29) is 0 Å². The standard InChI is InChI=1S/C23H24N4OS2/c1-15-5-8-19-22(16(15)2)23(27-10-3-4-11-27)26-21(25-19)14-24-30(28)18-7-6-17-9-12-29-20(17)13-18/h5-9,12-13,24H,3-4,10-11,14H2,1-2H3. The van der Waals surface area contributed by atoms with Crippen LogP contribution >= 0.6 is 11.3 Å². The molecule has 4 aromatic rings. The molecule has 1 fully saturated rings. The number of hydrogen-bond donors (Lipinski definition) is 1. The lowest BCUT2D eigenvalue weighted by atomic mass is 10.0. The SMILES string of the molecule is Cc1ccc2nc(CNS(=O)c3ccc4ccsc4c3)nc(N3CCCC3)c2c1C. The molecule has 3 heterocycles. The van der Waals surface area contributed by atoms with E-state index in [9.17, 15) is 4.21 Å². The minimum atomic E-state index is -1.31. The van der Waals surface area contributed by atoms with E-state index in [0.717, 1.165) is 39.4 Å². The highest BCUT2D eigenvalue weighted by atomic mass is 32.2. The van der Waals surface area contributed by atoms with Crippen molar-refractivity contribution in [3.05, 3.63) is 58.7 Å². The van der Waals surface area contributed by atoms with E-state index < -0.39 is 11.0 Å². The van der Waals surface area contributed by atoms with E-state index in [4.69, 9.17) is 9.97 Å². The Morgan fingerprint density at radius 1 is 1.10 bits per heavy atom. The predicted octanol–water partition coefficient (Wildman–Crippen LogP) is 4.87. The van der Waals surface area contributed by atoms with Crippen LogP contribution in [-0.4, -0.2) is 27.3 Å². The first-order chi connectivity index (χ1) is 14.6. The normalized spacial score (nSPS) is 15.3. The van der Waals surface area contributed by atoms with Gasteiger partial charge in [0.2, 0.25) is 0 Å². The van der Waals surface area contributed by atoms with Crippen LogP contribution in [0.1, 0.15) is 29.8 Å². The summed E-state index contributed by atoms with van der Waals surface area (Å²) in [5.74, 6) is 1.69. The average molecular weight is 437 g/mol. The molecule has 2 aromatic heterocycles. The molecule has 154 valence electrons. The Balaban J connectivity index is 1.45.